The Balaban J connectivity index is 2.18. The summed E-state index contributed by atoms with van der Waals surface area (Å²) in [6, 6.07) is 5.45. The Labute approximate surface area is 125 Å². The molecule has 0 aromatic heterocycles. The average molecular weight is 292 g/mol. The molecule has 0 aliphatic heterocycles. The van der Waals surface area contributed by atoms with Crippen molar-refractivity contribution in [2.45, 2.75) is 52.5 Å². The average Bonchev–Trinajstić information content (AvgIpc) is 2.75. The van der Waals surface area contributed by atoms with Gasteiger partial charge in [0.05, 0.1) is 11.5 Å². The Hall–Kier alpha value is -1.78. The van der Waals surface area contributed by atoms with Gasteiger partial charge in [-0.05, 0) is 30.7 Å². The van der Waals surface area contributed by atoms with Gasteiger partial charge >= 0.3 is 5.69 Å². The van der Waals surface area contributed by atoms with E-state index in [-0.39, 0.29) is 11.1 Å². The van der Waals surface area contributed by atoms with Crippen LogP contribution in [-0.2, 0) is 0 Å². The van der Waals surface area contributed by atoms with Gasteiger partial charge in [-0.3, -0.25) is 10.1 Å². The molecule has 5 nitrogen and oxygen atoms in total. The van der Waals surface area contributed by atoms with Crippen LogP contribution in [0.4, 0.5) is 11.4 Å². The maximum atomic E-state index is 11.0. The molecule has 1 saturated carbocycles. The van der Waals surface area contributed by atoms with Crippen molar-refractivity contribution in [2.24, 2.45) is 5.41 Å². The standard InChI is InChI=1S/C16H24N2O3/c1-4-10-21-14-11-12(7-8-13(14)18(19)20)17-15-6-5-9-16(15,2)3/h7-8,11,15,17H,4-6,9-10H2,1-3H3. The second-order valence-electron chi connectivity index (χ2n) is 6.37. The predicted octanol–water partition coefficient (Wildman–Crippen LogP) is 4.37. The fraction of sp³-hybridized carbons (Fsp3) is 0.625. The molecule has 0 saturated heterocycles. The molecule has 1 atom stereocenters. The van der Waals surface area contributed by atoms with Crippen LogP contribution in [0, 0.1) is 15.5 Å². The minimum absolute atomic E-state index is 0.0275. The van der Waals surface area contributed by atoms with Crippen LogP contribution in [-0.4, -0.2) is 17.6 Å². The topological polar surface area (TPSA) is 64.4 Å². The summed E-state index contributed by atoms with van der Waals surface area (Å²) in [6.45, 7) is 6.99. The molecule has 1 aromatic rings. The molecule has 0 spiro atoms. The van der Waals surface area contributed by atoms with E-state index in [2.05, 4.69) is 19.2 Å². The summed E-state index contributed by atoms with van der Waals surface area (Å²) in [4.78, 5) is 10.7. The highest BCUT2D eigenvalue weighted by Crippen LogP contribution is 2.40. The van der Waals surface area contributed by atoms with Crippen LogP contribution < -0.4 is 10.1 Å². The third-order valence-corrected chi connectivity index (χ3v) is 4.22. The smallest absolute Gasteiger partial charge is 0.311 e. The minimum Gasteiger partial charge on any atom is -0.487 e. The van der Waals surface area contributed by atoms with E-state index in [1.807, 2.05) is 6.92 Å². The fourth-order valence-electron chi connectivity index (χ4n) is 2.88. The van der Waals surface area contributed by atoms with Gasteiger partial charge in [0.2, 0.25) is 0 Å². The molecular formula is C16H24N2O3. The molecule has 116 valence electrons. The largest absolute Gasteiger partial charge is 0.487 e. The van der Waals surface area contributed by atoms with Crippen molar-refractivity contribution in [2.75, 3.05) is 11.9 Å². The van der Waals surface area contributed by atoms with E-state index in [1.54, 1.807) is 12.1 Å². The van der Waals surface area contributed by atoms with Crippen molar-refractivity contribution >= 4 is 11.4 Å². The summed E-state index contributed by atoms with van der Waals surface area (Å²) in [5.41, 5.74) is 1.18. The normalized spacial score (nSPS) is 20.2. The third-order valence-electron chi connectivity index (χ3n) is 4.22. The van der Waals surface area contributed by atoms with Crippen LogP contribution in [0.2, 0.25) is 0 Å². The van der Waals surface area contributed by atoms with E-state index < -0.39 is 4.92 Å². The lowest BCUT2D eigenvalue weighted by Gasteiger charge is -2.28. The quantitative estimate of drug-likeness (QED) is 0.624. The van der Waals surface area contributed by atoms with Crippen LogP contribution in [0.25, 0.3) is 0 Å². The second-order valence-corrected chi connectivity index (χ2v) is 6.37. The monoisotopic (exact) mass is 292 g/mol. The number of benzene rings is 1. The predicted molar refractivity (Wildman–Crippen MR) is 83.9 cm³/mol. The number of nitrogens with zero attached hydrogens (tertiary/aromatic N) is 1. The number of hydrogen-bond acceptors (Lipinski definition) is 4. The molecule has 0 radical (unpaired) electrons. The van der Waals surface area contributed by atoms with Crippen molar-refractivity contribution < 1.29 is 9.66 Å². The van der Waals surface area contributed by atoms with Gasteiger partial charge in [0.15, 0.2) is 5.75 Å². The summed E-state index contributed by atoms with van der Waals surface area (Å²) in [6.07, 6.45) is 4.38. The van der Waals surface area contributed by atoms with Crippen molar-refractivity contribution in [3.63, 3.8) is 0 Å². The Morgan fingerprint density at radius 2 is 2.24 bits per heavy atom. The molecule has 0 amide bonds. The molecule has 0 heterocycles. The van der Waals surface area contributed by atoms with Crippen LogP contribution in [0.1, 0.15) is 46.5 Å². The summed E-state index contributed by atoms with van der Waals surface area (Å²) in [5.74, 6) is 0.350. The van der Waals surface area contributed by atoms with Gasteiger partial charge in [-0.1, -0.05) is 27.2 Å². The number of hydrogen-bond donors (Lipinski definition) is 1. The van der Waals surface area contributed by atoms with Crippen LogP contribution in [0.3, 0.4) is 0 Å². The molecule has 1 unspecified atom stereocenters. The molecule has 0 bridgehead atoms. The zero-order chi connectivity index (χ0) is 15.5. The van der Waals surface area contributed by atoms with Gasteiger partial charge < -0.3 is 10.1 Å². The van der Waals surface area contributed by atoms with Gasteiger partial charge in [-0.25, -0.2) is 0 Å². The Morgan fingerprint density at radius 1 is 1.48 bits per heavy atom. The maximum absolute atomic E-state index is 11.0. The summed E-state index contributed by atoms with van der Waals surface area (Å²) in [7, 11) is 0. The maximum Gasteiger partial charge on any atom is 0.311 e. The second kappa shape index (κ2) is 6.33. The first kappa shape index (κ1) is 15.6. The lowest BCUT2D eigenvalue weighted by Crippen LogP contribution is -2.30. The van der Waals surface area contributed by atoms with Crippen molar-refractivity contribution in [3.05, 3.63) is 28.3 Å². The van der Waals surface area contributed by atoms with Crippen LogP contribution in [0.5, 0.6) is 5.75 Å². The van der Waals surface area contributed by atoms with Crippen molar-refractivity contribution in [1.29, 1.82) is 0 Å². The molecule has 2 rings (SSSR count). The molecular weight excluding hydrogens is 268 g/mol. The first-order chi connectivity index (χ1) is 9.94. The van der Waals surface area contributed by atoms with E-state index in [0.29, 0.717) is 18.4 Å². The molecule has 5 heteroatoms. The molecule has 1 aliphatic rings. The van der Waals surface area contributed by atoms with Gasteiger partial charge in [0.1, 0.15) is 0 Å². The number of nitro benzene ring substituents is 1. The zero-order valence-electron chi connectivity index (χ0n) is 13.0. The first-order valence-corrected chi connectivity index (χ1v) is 7.62. The van der Waals surface area contributed by atoms with E-state index in [4.69, 9.17) is 4.74 Å². The lowest BCUT2D eigenvalue weighted by atomic mass is 9.87. The van der Waals surface area contributed by atoms with E-state index >= 15 is 0 Å². The zero-order valence-corrected chi connectivity index (χ0v) is 13.0. The van der Waals surface area contributed by atoms with Crippen LogP contribution in [0.15, 0.2) is 18.2 Å². The molecule has 1 fully saturated rings. The number of nitro groups is 1. The molecule has 21 heavy (non-hydrogen) atoms. The minimum atomic E-state index is -0.395. The third kappa shape index (κ3) is 3.65. The molecule has 1 aromatic carbocycles. The van der Waals surface area contributed by atoms with Gasteiger partial charge in [0, 0.05) is 23.9 Å². The van der Waals surface area contributed by atoms with Crippen LogP contribution >= 0.6 is 0 Å². The first-order valence-electron chi connectivity index (χ1n) is 7.62. The Bertz CT molecular complexity index is 514. The highest BCUT2D eigenvalue weighted by Gasteiger charge is 2.34. The van der Waals surface area contributed by atoms with Gasteiger partial charge in [-0.2, -0.15) is 0 Å². The number of rotatable bonds is 6. The van der Waals surface area contributed by atoms with E-state index in [1.165, 1.54) is 18.9 Å². The van der Waals surface area contributed by atoms with Crippen molar-refractivity contribution in [3.8, 4) is 5.75 Å². The van der Waals surface area contributed by atoms with Gasteiger partial charge in [0.25, 0.3) is 0 Å². The van der Waals surface area contributed by atoms with Crippen molar-refractivity contribution in [1.82, 2.24) is 0 Å². The Morgan fingerprint density at radius 3 is 2.81 bits per heavy atom. The lowest BCUT2D eigenvalue weighted by molar-refractivity contribution is -0.385. The highest BCUT2D eigenvalue weighted by atomic mass is 16.6. The molecule has 1 N–H and O–H groups in total. The fourth-order valence-corrected chi connectivity index (χ4v) is 2.88. The number of nitrogens with one attached hydrogen (secondary N) is 1. The summed E-state index contributed by atoms with van der Waals surface area (Å²) >= 11 is 0. The highest BCUT2D eigenvalue weighted by molar-refractivity contribution is 5.58. The number of ether oxygens (including phenoxy) is 1. The van der Waals surface area contributed by atoms with E-state index in [9.17, 15) is 10.1 Å². The Kier molecular flexibility index (Phi) is 4.70. The summed E-state index contributed by atoms with van der Waals surface area (Å²) < 4.78 is 5.52. The molecule has 1 aliphatic carbocycles. The SMILES string of the molecule is CCCOc1cc(NC2CCCC2(C)C)ccc1[N+](=O)[O-]. The summed E-state index contributed by atoms with van der Waals surface area (Å²) in [5, 5.41) is 14.6. The van der Waals surface area contributed by atoms with Gasteiger partial charge in [-0.15, -0.1) is 0 Å². The van der Waals surface area contributed by atoms with E-state index in [0.717, 1.165) is 18.5 Å². The number of anilines is 1.